The lowest BCUT2D eigenvalue weighted by Crippen LogP contribution is -2.62. The quantitative estimate of drug-likeness (QED) is 0.126. The van der Waals surface area contributed by atoms with Crippen LogP contribution in [0.3, 0.4) is 0 Å². The summed E-state index contributed by atoms with van der Waals surface area (Å²) >= 11 is 18.0. The first-order chi connectivity index (χ1) is 49.1. The number of nitrogens with one attached hydrogen (secondary N) is 1. The number of ether oxygens (including phenoxy) is 6. The zero-order valence-electron chi connectivity index (χ0n) is 58.1. The SMILES string of the molecule is Cc1cn(C[C@@H]2CCCN(C(=O)[C@H]3CN([C@H]4c5ccc(Cl)cc5CCc5cccnc54)CCN3)C2)cn1.Cc1cn(C[C@@H]2CCCN(C(=O)[C@H]3CN([C@H]4c5ccc(Cl)cc5CCc5cccnc54)CCN3C(=O)OC3CCC4(CC3)OCCO4)C2)cn1.O=C(Cl)OC1CCC2(CC1)OCCO2. The second-order valence-corrected chi connectivity index (χ2v) is 30.3. The third-order valence-corrected chi connectivity index (χ3v) is 22.9. The molecule has 6 atom stereocenters. The number of likely N-dealkylation sites (tertiary alicyclic amines) is 2. The molecule has 101 heavy (non-hydrogen) atoms. The fourth-order valence-electron chi connectivity index (χ4n) is 17.4. The third kappa shape index (κ3) is 17.0. The Morgan fingerprint density at radius 2 is 1.04 bits per heavy atom. The normalized spacial score (nSPS) is 25.8. The van der Waals surface area contributed by atoms with Gasteiger partial charge in [-0.15, -0.1) is 0 Å². The molecule has 540 valence electrons. The van der Waals surface area contributed by atoms with Gasteiger partial charge in [-0.25, -0.2) is 19.6 Å². The van der Waals surface area contributed by atoms with Crippen LogP contribution in [0, 0.1) is 25.7 Å². The monoisotopic (exact) mass is 1440 g/mol. The average Bonchev–Trinajstić information content (AvgIpc) is 1.76. The predicted molar refractivity (Wildman–Crippen MR) is 380 cm³/mol. The molecule has 0 bridgehead atoms. The molecular weight excluding hydrogens is 1350 g/mol. The minimum Gasteiger partial charge on any atom is -0.450 e. The maximum absolute atomic E-state index is 14.7. The zero-order chi connectivity index (χ0) is 69.6. The number of aryl methyl sites for hydroxylation is 6. The summed E-state index contributed by atoms with van der Waals surface area (Å²) < 4.78 is 38.3. The third-order valence-electron chi connectivity index (χ3n) is 22.3. The Morgan fingerprint density at radius 3 is 1.53 bits per heavy atom. The number of hydrogen-bond donors (Lipinski definition) is 1. The smallest absolute Gasteiger partial charge is 0.410 e. The summed E-state index contributed by atoms with van der Waals surface area (Å²) in [4.78, 5) is 82.2. The molecule has 0 unspecified atom stereocenters. The first-order valence-corrected chi connectivity index (χ1v) is 37.8. The highest BCUT2D eigenvalue weighted by Crippen LogP contribution is 2.42. The molecule has 25 heteroatoms. The molecule has 4 aromatic heterocycles. The maximum Gasteiger partial charge on any atom is 0.410 e. The van der Waals surface area contributed by atoms with Crippen molar-refractivity contribution in [1.82, 2.24) is 58.9 Å². The van der Waals surface area contributed by atoms with Crippen LogP contribution in [0.15, 0.2) is 98.1 Å². The molecule has 6 aliphatic heterocycles. The van der Waals surface area contributed by atoms with Crippen LogP contribution in [0.25, 0.3) is 0 Å². The van der Waals surface area contributed by atoms with Crippen molar-refractivity contribution in [2.75, 3.05) is 91.9 Å². The molecule has 4 aliphatic carbocycles. The van der Waals surface area contributed by atoms with E-state index in [0.29, 0.717) is 108 Å². The zero-order valence-corrected chi connectivity index (χ0v) is 60.4. The molecule has 10 heterocycles. The highest BCUT2D eigenvalue weighted by molar-refractivity contribution is 6.61. The average molecular weight is 1440 g/mol. The number of fused-ring (bicyclic) bond motifs is 4. The number of halogens is 3. The summed E-state index contributed by atoms with van der Waals surface area (Å²) in [5.74, 6) is 0.0552. The van der Waals surface area contributed by atoms with E-state index in [1.54, 1.807) is 4.90 Å². The number of rotatable bonds is 10. The number of aromatic nitrogens is 6. The van der Waals surface area contributed by atoms with Crippen LogP contribution in [0.5, 0.6) is 0 Å². The van der Waals surface area contributed by atoms with Crippen LogP contribution < -0.4 is 5.32 Å². The number of nitrogens with zero attached hydrogens (tertiary/aromatic N) is 11. The summed E-state index contributed by atoms with van der Waals surface area (Å²) in [7, 11) is 0. The molecule has 6 aromatic rings. The minimum absolute atomic E-state index is 0.0142. The number of pyridine rings is 2. The lowest BCUT2D eigenvalue weighted by Gasteiger charge is -2.46. The lowest BCUT2D eigenvalue weighted by atomic mass is 9.92. The number of hydrogen-bond acceptors (Lipinski definition) is 17. The van der Waals surface area contributed by atoms with E-state index in [0.717, 1.165) is 150 Å². The minimum atomic E-state index is -0.723. The van der Waals surface area contributed by atoms with Crippen molar-refractivity contribution in [3.8, 4) is 0 Å². The van der Waals surface area contributed by atoms with Crippen LogP contribution >= 0.6 is 34.8 Å². The molecule has 2 aromatic carbocycles. The van der Waals surface area contributed by atoms with Gasteiger partial charge in [0.25, 0.3) is 0 Å². The van der Waals surface area contributed by atoms with E-state index < -0.39 is 29.1 Å². The van der Waals surface area contributed by atoms with Gasteiger partial charge in [-0.3, -0.25) is 34.3 Å². The summed E-state index contributed by atoms with van der Waals surface area (Å²) in [6.45, 7) is 14.9. The molecule has 22 nitrogen and oxygen atoms in total. The molecular formula is C76H95Cl3N12O10. The fourth-order valence-corrected chi connectivity index (χ4v) is 17.9. The topological polar surface area (TPSA) is 213 Å². The van der Waals surface area contributed by atoms with Gasteiger partial charge in [-0.05, 0) is 173 Å². The van der Waals surface area contributed by atoms with Crippen LogP contribution in [-0.2, 0) is 76.8 Å². The number of carbonyl (C=O) groups excluding carboxylic acids is 4. The number of imidazole rings is 2. The fraction of sp³-hybridized carbons (Fsp3) is 0.579. The molecule has 16 rings (SSSR count). The molecule has 2 saturated carbocycles. The molecule has 0 radical (unpaired) electrons. The molecule has 6 saturated heterocycles. The van der Waals surface area contributed by atoms with Crippen molar-refractivity contribution in [2.45, 2.75) is 178 Å². The van der Waals surface area contributed by atoms with E-state index in [1.165, 1.54) is 27.8 Å². The van der Waals surface area contributed by atoms with Gasteiger partial charge in [0.05, 0.1) is 80.0 Å². The van der Waals surface area contributed by atoms with Gasteiger partial charge < -0.3 is 52.7 Å². The van der Waals surface area contributed by atoms with Gasteiger partial charge in [-0.1, -0.05) is 47.5 Å². The van der Waals surface area contributed by atoms with Crippen molar-refractivity contribution in [2.24, 2.45) is 11.8 Å². The van der Waals surface area contributed by atoms with Gasteiger partial charge in [0.2, 0.25) is 11.8 Å². The van der Waals surface area contributed by atoms with Crippen molar-refractivity contribution >= 4 is 58.1 Å². The second-order valence-electron chi connectivity index (χ2n) is 29.2. The Labute approximate surface area is 606 Å². The molecule has 8 fully saturated rings. The first kappa shape index (κ1) is 71.4. The largest absolute Gasteiger partial charge is 0.450 e. The van der Waals surface area contributed by atoms with Gasteiger partial charge in [0.15, 0.2) is 11.6 Å². The molecule has 3 amide bonds. The predicted octanol–water partition coefficient (Wildman–Crippen LogP) is 10.9. The van der Waals surface area contributed by atoms with E-state index in [4.69, 9.17) is 73.2 Å². The maximum atomic E-state index is 14.7. The Kier molecular flexibility index (Phi) is 22.8. The summed E-state index contributed by atoms with van der Waals surface area (Å²) in [6, 6.07) is 19.7. The lowest BCUT2D eigenvalue weighted by molar-refractivity contribution is -0.188. The number of piperazine rings is 2. The van der Waals surface area contributed by atoms with E-state index in [-0.39, 0.29) is 42.1 Å². The van der Waals surface area contributed by atoms with Crippen LogP contribution in [0.4, 0.5) is 9.59 Å². The Bertz CT molecular complexity index is 3860. The van der Waals surface area contributed by atoms with E-state index >= 15 is 0 Å². The highest BCUT2D eigenvalue weighted by Gasteiger charge is 2.47. The van der Waals surface area contributed by atoms with Crippen LogP contribution in [0.1, 0.15) is 145 Å². The summed E-state index contributed by atoms with van der Waals surface area (Å²) in [5, 5.41) is 5.02. The number of benzene rings is 2. The number of amides is 3. The van der Waals surface area contributed by atoms with Crippen molar-refractivity contribution in [3.05, 3.63) is 164 Å². The summed E-state index contributed by atoms with van der Waals surface area (Å²) in [6.07, 6.45) is 24.6. The van der Waals surface area contributed by atoms with Crippen molar-refractivity contribution < 1.29 is 47.6 Å². The van der Waals surface area contributed by atoms with E-state index in [2.05, 4.69) is 87.9 Å². The molecule has 10 aliphatic rings. The van der Waals surface area contributed by atoms with Crippen molar-refractivity contribution in [3.63, 3.8) is 0 Å². The number of carbonyl (C=O) groups is 4. The first-order valence-electron chi connectivity index (χ1n) is 36.7. The Balaban J connectivity index is 0.000000148. The number of piperidine rings is 2. The molecule has 1 N–H and O–H groups in total. The highest BCUT2D eigenvalue weighted by atomic mass is 35.5. The van der Waals surface area contributed by atoms with Crippen LogP contribution in [-0.4, -0.2) is 205 Å². The molecule has 2 spiro atoms. The second kappa shape index (κ2) is 32.2. The standard InChI is InChI=1S/C38H47ClN6O5.C29H35ClN6O.C9H13ClO4/c1-26-21-42(25-41-26)22-27-4-3-15-44(23-27)36(46)33-24-43(16-17-45(33)37(47)50-31-10-12-38(13-11-31)48-18-19-49-38)35-32-9-8-30(39)20-29(32)7-6-28-5-2-14-40-34(28)35;1-20-15-34(19-33-20)16-21-4-3-12-36(17-21)29(37)26-18-35(13-11-31-26)28-25-9-8-24(30)14-23(25)7-6-22-5-2-10-32-27(22)28;10-8(11)14-7-1-3-9(4-2-7)12-5-6-13-9/h2,5,8-9,14,20-21,25,27,31,33,35H,3-4,6-7,10-13,15-19,22-24H2,1H3;2,5,8-10,14-15,19,21,26,28,31H,3-4,6-7,11-13,16-18H2,1H3;7H,1-6H2/t27-,33+,35-;21-,26+,28-;/m00./s1. The Morgan fingerprint density at radius 1 is 0.554 bits per heavy atom. The van der Waals surface area contributed by atoms with Crippen LogP contribution in [0.2, 0.25) is 10.0 Å². The van der Waals surface area contributed by atoms with Gasteiger partial charge in [0.1, 0.15) is 18.2 Å². The van der Waals surface area contributed by atoms with Gasteiger partial charge >= 0.3 is 11.5 Å². The Hall–Kier alpha value is -6.57. The van der Waals surface area contributed by atoms with Crippen molar-refractivity contribution in [1.29, 1.82) is 0 Å². The van der Waals surface area contributed by atoms with E-state index in [9.17, 15) is 19.2 Å². The summed E-state index contributed by atoms with van der Waals surface area (Å²) in [5.41, 5.74) is 10.8. The van der Waals surface area contributed by atoms with E-state index in [1.807, 2.05) is 68.1 Å². The van der Waals surface area contributed by atoms with Gasteiger partial charge in [-0.2, -0.15) is 0 Å². The van der Waals surface area contributed by atoms with Gasteiger partial charge in [0, 0.05) is 151 Å².